The topological polar surface area (TPSA) is 3.24 Å². The molecule has 0 rings (SSSR count). The Labute approximate surface area is 314 Å². The number of unbranched alkanes of at least 4 members (excludes halogenated alkanes) is 27. The van der Waals surface area contributed by atoms with Crippen molar-refractivity contribution in [2.75, 3.05) is 0 Å². The molecule has 0 bridgehead atoms. The van der Waals surface area contributed by atoms with E-state index in [0.29, 0.717) is 0 Å². The van der Waals surface area contributed by atoms with Crippen LogP contribution in [0, 0.1) is 0 Å². The zero-order valence-corrected chi connectivity index (χ0v) is 35.8. The molecular weight excluding hydrogens is 591 g/mol. The van der Waals surface area contributed by atoms with Crippen LogP contribution in [0.5, 0.6) is 0 Å². The highest BCUT2D eigenvalue weighted by atomic mass is 15.2. The van der Waals surface area contributed by atoms with Crippen molar-refractivity contribution in [1.29, 1.82) is 0 Å². The third-order valence-corrected chi connectivity index (χ3v) is 11.9. The largest absolute Gasteiger partial charge is 0.294 e. The van der Waals surface area contributed by atoms with Crippen LogP contribution in [0.2, 0.25) is 0 Å². The minimum Gasteiger partial charge on any atom is -0.294 e. The van der Waals surface area contributed by atoms with Gasteiger partial charge in [0.2, 0.25) is 0 Å². The summed E-state index contributed by atoms with van der Waals surface area (Å²) in [6, 6.07) is 2.48. The maximum atomic E-state index is 3.35. The molecule has 0 amide bonds. The van der Waals surface area contributed by atoms with Crippen molar-refractivity contribution in [2.24, 2.45) is 0 Å². The van der Waals surface area contributed by atoms with E-state index < -0.39 is 0 Å². The third kappa shape index (κ3) is 31.2. The van der Waals surface area contributed by atoms with Crippen molar-refractivity contribution in [3.63, 3.8) is 0 Å². The first-order valence-electron chi connectivity index (χ1n) is 24.0. The second-order valence-corrected chi connectivity index (χ2v) is 16.7. The molecule has 0 aromatic heterocycles. The molecule has 0 aliphatic rings. The van der Waals surface area contributed by atoms with Gasteiger partial charge in [0, 0.05) is 18.1 Å². The molecule has 0 aliphatic carbocycles. The molecule has 0 aromatic carbocycles. The Hall–Kier alpha value is -0.0400. The predicted molar refractivity (Wildman–Crippen MR) is 227 cm³/mol. The quantitative estimate of drug-likeness (QED) is 0.0577. The molecule has 3 unspecified atom stereocenters. The lowest BCUT2D eigenvalue weighted by Crippen LogP contribution is -2.50. The normalized spacial score (nSPS) is 13.8. The highest BCUT2D eigenvalue weighted by Gasteiger charge is 2.31. The first-order valence-corrected chi connectivity index (χ1v) is 24.0. The van der Waals surface area contributed by atoms with E-state index in [2.05, 4.69) is 46.4 Å². The molecule has 0 fully saturated rings. The maximum absolute atomic E-state index is 3.35. The second kappa shape index (κ2) is 40.7. The average molecular weight is 690 g/mol. The van der Waals surface area contributed by atoms with Crippen molar-refractivity contribution in [2.45, 2.75) is 310 Å². The Morgan fingerprint density at radius 3 is 0.510 bits per heavy atom. The molecule has 0 saturated carbocycles. The monoisotopic (exact) mass is 690 g/mol. The molecule has 0 N–H and O–H groups in total. The van der Waals surface area contributed by atoms with Gasteiger partial charge in [0.05, 0.1) is 0 Å². The first kappa shape index (κ1) is 49.0. The Kier molecular flexibility index (Phi) is 40.7. The van der Waals surface area contributed by atoms with E-state index in [1.807, 2.05) is 0 Å². The van der Waals surface area contributed by atoms with E-state index in [4.69, 9.17) is 0 Å². The summed E-state index contributed by atoms with van der Waals surface area (Å²) >= 11 is 0. The van der Waals surface area contributed by atoms with Gasteiger partial charge in [-0.3, -0.25) is 4.90 Å². The first-order chi connectivity index (χ1) is 24.2. The van der Waals surface area contributed by atoms with Crippen LogP contribution in [-0.2, 0) is 0 Å². The van der Waals surface area contributed by atoms with Gasteiger partial charge in [0.15, 0.2) is 0 Å². The van der Waals surface area contributed by atoms with Gasteiger partial charge in [-0.25, -0.2) is 0 Å². The summed E-state index contributed by atoms with van der Waals surface area (Å²) in [5.74, 6) is 0. The molecule has 296 valence electrons. The maximum Gasteiger partial charge on any atom is 0.0101 e. The van der Waals surface area contributed by atoms with Gasteiger partial charge in [-0.15, -0.1) is 0 Å². The van der Waals surface area contributed by atoms with Gasteiger partial charge in [-0.1, -0.05) is 253 Å². The smallest absolute Gasteiger partial charge is 0.0101 e. The summed E-state index contributed by atoms with van der Waals surface area (Å²) in [5.41, 5.74) is 0. The fourth-order valence-corrected chi connectivity index (χ4v) is 8.65. The molecule has 0 heterocycles. The lowest BCUT2D eigenvalue weighted by molar-refractivity contribution is 0.0406. The zero-order chi connectivity index (χ0) is 35.9. The highest BCUT2D eigenvalue weighted by molar-refractivity contribution is 4.87. The Morgan fingerprint density at radius 1 is 0.204 bits per heavy atom. The third-order valence-electron chi connectivity index (χ3n) is 11.9. The van der Waals surface area contributed by atoms with Gasteiger partial charge < -0.3 is 0 Å². The van der Waals surface area contributed by atoms with Gasteiger partial charge in [0.25, 0.3) is 0 Å². The van der Waals surface area contributed by atoms with Crippen LogP contribution < -0.4 is 0 Å². The lowest BCUT2D eigenvalue weighted by Gasteiger charge is -2.45. The van der Waals surface area contributed by atoms with Crippen LogP contribution in [-0.4, -0.2) is 23.0 Å². The van der Waals surface area contributed by atoms with Crippen molar-refractivity contribution in [3.05, 3.63) is 0 Å². The van der Waals surface area contributed by atoms with Crippen molar-refractivity contribution < 1.29 is 0 Å². The molecule has 0 saturated heterocycles. The van der Waals surface area contributed by atoms with Crippen molar-refractivity contribution in [3.8, 4) is 0 Å². The summed E-state index contributed by atoms with van der Waals surface area (Å²) in [7, 11) is 0. The molecule has 49 heavy (non-hydrogen) atoms. The SMILES string of the molecule is CCCCCCCCC(CCCCCCC)N(C(CCCCCCC)CCCCCCCC)C(CCCCCCC)CCCCCCCC. The number of nitrogens with zero attached hydrogens (tertiary/aromatic N) is 1. The van der Waals surface area contributed by atoms with Crippen LogP contribution in [0.1, 0.15) is 292 Å². The number of hydrogen-bond donors (Lipinski definition) is 0. The lowest BCUT2D eigenvalue weighted by atomic mass is 9.89. The predicted octanol–water partition coefficient (Wildman–Crippen LogP) is 17.7. The van der Waals surface area contributed by atoms with E-state index in [9.17, 15) is 0 Å². The highest BCUT2D eigenvalue weighted by Crippen LogP contribution is 2.32. The Bertz CT molecular complexity index is 505. The average Bonchev–Trinajstić information content (AvgIpc) is 3.11. The summed E-state index contributed by atoms with van der Waals surface area (Å²) in [6.45, 7) is 14.2. The fraction of sp³-hybridized carbons (Fsp3) is 1.00. The van der Waals surface area contributed by atoms with E-state index in [-0.39, 0.29) is 0 Å². The molecular formula is C48H99N. The Balaban J connectivity index is 6.26. The summed E-state index contributed by atoms with van der Waals surface area (Å²) in [6.07, 6.45) is 56.4. The molecule has 0 aliphatic heterocycles. The van der Waals surface area contributed by atoms with Crippen LogP contribution in [0.4, 0.5) is 0 Å². The summed E-state index contributed by atoms with van der Waals surface area (Å²) in [4.78, 5) is 3.35. The van der Waals surface area contributed by atoms with E-state index in [0.717, 1.165) is 18.1 Å². The summed E-state index contributed by atoms with van der Waals surface area (Å²) < 4.78 is 0. The molecule has 0 aromatic rings. The molecule has 0 radical (unpaired) electrons. The minimum absolute atomic E-state index is 0.828. The van der Waals surface area contributed by atoms with E-state index in [1.54, 1.807) is 0 Å². The fourth-order valence-electron chi connectivity index (χ4n) is 8.65. The van der Waals surface area contributed by atoms with E-state index >= 15 is 0 Å². The zero-order valence-electron chi connectivity index (χ0n) is 35.8. The number of rotatable bonds is 42. The molecule has 0 spiro atoms. The standard InChI is InChI=1S/C48H99N/c1-7-13-19-25-31-37-43-46(40-34-28-22-16-10-4)49(47(41-35-29-23-17-11-5)44-38-32-26-20-14-8-2)48(42-36-30-24-18-12-6)45-39-33-27-21-15-9-3/h46-48H,7-45H2,1-6H3. The van der Waals surface area contributed by atoms with Gasteiger partial charge in [-0.05, 0) is 38.5 Å². The Morgan fingerprint density at radius 2 is 0.347 bits per heavy atom. The van der Waals surface area contributed by atoms with Crippen molar-refractivity contribution in [1.82, 2.24) is 4.90 Å². The van der Waals surface area contributed by atoms with Crippen LogP contribution in [0.15, 0.2) is 0 Å². The molecule has 3 atom stereocenters. The second-order valence-electron chi connectivity index (χ2n) is 16.7. The van der Waals surface area contributed by atoms with Gasteiger partial charge in [-0.2, -0.15) is 0 Å². The van der Waals surface area contributed by atoms with Crippen LogP contribution in [0.25, 0.3) is 0 Å². The minimum atomic E-state index is 0.828. The van der Waals surface area contributed by atoms with E-state index in [1.165, 1.54) is 250 Å². The molecule has 1 heteroatoms. The summed E-state index contributed by atoms with van der Waals surface area (Å²) in [5, 5.41) is 0. The van der Waals surface area contributed by atoms with Crippen LogP contribution >= 0.6 is 0 Å². The van der Waals surface area contributed by atoms with Gasteiger partial charge in [0.1, 0.15) is 0 Å². The van der Waals surface area contributed by atoms with Crippen LogP contribution in [0.3, 0.4) is 0 Å². The van der Waals surface area contributed by atoms with Crippen molar-refractivity contribution >= 4 is 0 Å². The number of hydrogen-bond acceptors (Lipinski definition) is 1. The van der Waals surface area contributed by atoms with Gasteiger partial charge >= 0.3 is 0 Å². The molecule has 1 nitrogen and oxygen atoms in total.